The normalized spacial score (nSPS) is 16.8. The molecule has 0 aliphatic carbocycles. The van der Waals surface area contributed by atoms with Crippen LogP contribution >= 0.6 is 0 Å². The minimum absolute atomic E-state index is 0.308. The Morgan fingerprint density at radius 3 is 2.79 bits per heavy atom. The average Bonchev–Trinajstić information content (AvgIpc) is 3.31. The van der Waals surface area contributed by atoms with Crippen molar-refractivity contribution in [3.8, 4) is 0 Å². The summed E-state index contributed by atoms with van der Waals surface area (Å²) in [6.07, 6.45) is -0.119. The van der Waals surface area contributed by atoms with Gasteiger partial charge in [-0.2, -0.15) is 18.3 Å². The lowest BCUT2D eigenvalue weighted by Crippen LogP contribution is -2.49. The second kappa shape index (κ2) is 8.32. The molecule has 3 amide bonds. The monoisotopic (exact) mass is 395 g/mol. The van der Waals surface area contributed by atoms with E-state index in [2.05, 4.69) is 10.4 Å². The maximum absolute atomic E-state index is 12.6. The van der Waals surface area contributed by atoms with Gasteiger partial charge in [0.05, 0.1) is 6.54 Å². The molecule has 1 atom stereocenters. The summed E-state index contributed by atoms with van der Waals surface area (Å²) in [5.41, 5.74) is 1.46. The number of nitrogens with one attached hydrogen (secondary N) is 2. The number of carbonyl (C=O) groups excluding carboxylic acids is 2. The molecule has 3 rings (SSSR count). The highest BCUT2D eigenvalue weighted by Crippen LogP contribution is 2.21. The first-order valence-corrected chi connectivity index (χ1v) is 8.80. The van der Waals surface area contributed by atoms with Crippen molar-refractivity contribution < 1.29 is 22.8 Å². The van der Waals surface area contributed by atoms with Gasteiger partial charge >= 0.3 is 12.2 Å². The second-order valence-electron chi connectivity index (χ2n) is 6.52. The van der Waals surface area contributed by atoms with Crippen LogP contribution in [0.5, 0.6) is 0 Å². The molecule has 0 bridgehead atoms. The fourth-order valence-corrected chi connectivity index (χ4v) is 3.11. The van der Waals surface area contributed by atoms with Crippen molar-refractivity contribution in [3.05, 3.63) is 48.3 Å². The minimum atomic E-state index is -4.49. The number of nitrogens with zero attached hydrogens (tertiary/aromatic N) is 3. The molecule has 1 aliphatic heterocycles. The molecular formula is C18H20F3N5O2. The van der Waals surface area contributed by atoms with Gasteiger partial charge in [0.25, 0.3) is 0 Å². The number of carbonyl (C=O) groups is 2. The summed E-state index contributed by atoms with van der Waals surface area (Å²) >= 11 is 0. The molecule has 1 aromatic carbocycles. The van der Waals surface area contributed by atoms with Gasteiger partial charge < -0.3 is 15.5 Å². The summed E-state index contributed by atoms with van der Waals surface area (Å²) < 4.78 is 38.7. The van der Waals surface area contributed by atoms with Crippen LogP contribution in [0, 0.1) is 0 Å². The number of aromatic nitrogens is 2. The molecule has 0 spiro atoms. The molecule has 1 saturated heterocycles. The van der Waals surface area contributed by atoms with Gasteiger partial charge in [-0.25, -0.2) is 4.79 Å². The van der Waals surface area contributed by atoms with Crippen LogP contribution in [0.25, 0.3) is 0 Å². The van der Waals surface area contributed by atoms with E-state index in [4.69, 9.17) is 0 Å². The Balaban J connectivity index is 1.61. The lowest BCUT2D eigenvalue weighted by atomic mass is 10.2. The Morgan fingerprint density at radius 2 is 2.07 bits per heavy atom. The van der Waals surface area contributed by atoms with E-state index in [-0.39, 0.29) is 0 Å². The van der Waals surface area contributed by atoms with Gasteiger partial charge in [-0.1, -0.05) is 12.1 Å². The standard InChI is InChI=1S/C18H20F3N5O2/c19-18(20,21)12-22-16(27)15-6-2-9-26(15)17(28)24-14-5-1-4-13(10-14)11-25-8-3-7-23-25/h1,3-5,7-8,10,15H,2,6,9,11-12H2,(H,22,27)(H,24,28)/t15-/m0/s1. The van der Waals surface area contributed by atoms with E-state index in [0.717, 1.165) is 5.56 Å². The summed E-state index contributed by atoms with van der Waals surface area (Å²) in [6.45, 7) is -0.570. The van der Waals surface area contributed by atoms with Crippen LogP contribution in [0.4, 0.5) is 23.7 Å². The number of amides is 3. The van der Waals surface area contributed by atoms with Gasteiger partial charge in [0.2, 0.25) is 5.91 Å². The predicted octanol–water partition coefficient (Wildman–Crippen LogP) is 2.61. The Kier molecular flexibility index (Phi) is 5.86. The molecule has 7 nitrogen and oxygen atoms in total. The molecule has 2 heterocycles. The van der Waals surface area contributed by atoms with Crippen LogP contribution in [-0.2, 0) is 11.3 Å². The predicted molar refractivity (Wildman–Crippen MR) is 95.6 cm³/mol. The van der Waals surface area contributed by atoms with Gasteiger partial charge in [0.1, 0.15) is 12.6 Å². The van der Waals surface area contributed by atoms with Crippen molar-refractivity contribution >= 4 is 17.6 Å². The number of halogens is 3. The fraction of sp³-hybridized carbons (Fsp3) is 0.389. The number of rotatable bonds is 5. The van der Waals surface area contributed by atoms with Crippen LogP contribution in [0.15, 0.2) is 42.7 Å². The zero-order chi connectivity index (χ0) is 20.1. The average molecular weight is 395 g/mol. The topological polar surface area (TPSA) is 79.3 Å². The van der Waals surface area contributed by atoms with Crippen molar-refractivity contribution in [2.75, 3.05) is 18.4 Å². The largest absolute Gasteiger partial charge is 0.405 e. The number of benzene rings is 1. The number of alkyl halides is 3. The Morgan fingerprint density at radius 1 is 1.25 bits per heavy atom. The molecule has 0 saturated carbocycles. The Bertz CT molecular complexity index is 823. The van der Waals surface area contributed by atoms with E-state index in [0.29, 0.717) is 31.6 Å². The van der Waals surface area contributed by atoms with Crippen molar-refractivity contribution in [2.24, 2.45) is 0 Å². The maximum atomic E-state index is 12.6. The maximum Gasteiger partial charge on any atom is 0.405 e. The summed E-state index contributed by atoms with van der Waals surface area (Å²) in [4.78, 5) is 25.9. The molecule has 0 unspecified atom stereocenters. The summed E-state index contributed by atoms with van der Waals surface area (Å²) in [7, 11) is 0. The molecule has 1 aromatic heterocycles. The quantitative estimate of drug-likeness (QED) is 0.817. The molecule has 150 valence electrons. The molecule has 2 N–H and O–H groups in total. The lowest BCUT2D eigenvalue weighted by Gasteiger charge is -2.24. The highest BCUT2D eigenvalue weighted by molar-refractivity contribution is 5.94. The molecule has 2 aromatic rings. The van der Waals surface area contributed by atoms with E-state index in [1.54, 1.807) is 29.1 Å². The van der Waals surface area contributed by atoms with Crippen LogP contribution in [0.2, 0.25) is 0 Å². The number of likely N-dealkylation sites (tertiary alicyclic amines) is 1. The fourth-order valence-electron chi connectivity index (χ4n) is 3.11. The van der Waals surface area contributed by atoms with E-state index in [1.807, 2.05) is 23.6 Å². The van der Waals surface area contributed by atoms with Crippen LogP contribution in [0.3, 0.4) is 0 Å². The van der Waals surface area contributed by atoms with E-state index >= 15 is 0 Å². The Hall–Kier alpha value is -3.04. The van der Waals surface area contributed by atoms with Crippen molar-refractivity contribution in [1.82, 2.24) is 20.0 Å². The number of hydrogen-bond donors (Lipinski definition) is 2. The molecular weight excluding hydrogens is 375 g/mol. The molecule has 1 aliphatic rings. The summed E-state index contributed by atoms with van der Waals surface area (Å²) in [5.74, 6) is -0.794. The van der Waals surface area contributed by atoms with E-state index in [1.165, 1.54) is 4.90 Å². The highest BCUT2D eigenvalue weighted by Gasteiger charge is 2.36. The lowest BCUT2D eigenvalue weighted by molar-refractivity contribution is -0.140. The Labute approximate surface area is 159 Å². The van der Waals surface area contributed by atoms with Crippen LogP contribution in [0.1, 0.15) is 18.4 Å². The van der Waals surface area contributed by atoms with Crippen LogP contribution < -0.4 is 10.6 Å². The number of hydrogen-bond acceptors (Lipinski definition) is 3. The van der Waals surface area contributed by atoms with Gasteiger partial charge in [0, 0.05) is 24.6 Å². The summed E-state index contributed by atoms with van der Waals surface area (Å²) in [6, 6.07) is 7.55. The zero-order valence-electron chi connectivity index (χ0n) is 14.9. The molecule has 10 heteroatoms. The highest BCUT2D eigenvalue weighted by atomic mass is 19.4. The first-order chi connectivity index (χ1) is 13.3. The second-order valence-corrected chi connectivity index (χ2v) is 6.52. The first-order valence-electron chi connectivity index (χ1n) is 8.80. The van der Waals surface area contributed by atoms with E-state index < -0.39 is 30.7 Å². The number of anilines is 1. The summed E-state index contributed by atoms with van der Waals surface area (Å²) in [5, 5.41) is 8.69. The van der Waals surface area contributed by atoms with E-state index in [9.17, 15) is 22.8 Å². The minimum Gasteiger partial charge on any atom is -0.345 e. The van der Waals surface area contributed by atoms with Crippen molar-refractivity contribution in [2.45, 2.75) is 31.6 Å². The van der Waals surface area contributed by atoms with Crippen molar-refractivity contribution in [3.63, 3.8) is 0 Å². The number of urea groups is 1. The van der Waals surface area contributed by atoms with Gasteiger partial charge in [-0.15, -0.1) is 0 Å². The smallest absolute Gasteiger partial charge is 0.345 e. The zero-order valence-corrected chi connectivity index (χ0v) is 14.9. The van der Waals surface area contributed by atoms with Gasteiger partial charge in [-0.05, 0) is 36.6 Å². The first kappa shape index (κ1) is 19.7. The third kappa shape index (κ3) is 5.24. The third-order valence-electron chi connectivity index (χ3n) is 4.36. The van der Waals surface area contributed by atoms with Gasteiger partial charge in [-0.3, -0.25) is 9.48 Å². The van der Waals surface area contributed by atoms with Crippen molar-refractivity contribution in [1.29, 1.82) is 0 Å². The molecule has 28 heavy (non-hydrogen) atoms. The molecule has 0 radical (unpaired) electrons. The third-order valence-corrected chi connectivity index (χ3v) is 4.36. The molecule has 1 fully saturated rings. The SMILES string of the molecule is O=C(NCC(F)(F)F)[C@@H]1CCCN1C(=O)Nc1cccc(Cn2cccn2)c1. The van der Waals surface area contributed by atoms with Crippen LogP contribution in [-0.4, -0.2) is 51.9 Å². The van der Waals surface area contributed by atoms with Gasteiger partial charge in [0.15, 0.2) is 0 Å².